The van der Waals surface area contributed by atoms with Crippen LogP contribution in [0, 0.1) is 6.92 Å². The number of carbonyl (C=O) groups excluding carboxylic acids is 1. The predicted octanol–water partition coefficient (Wildman–Crippen LogP) is 2.45. The molecule has 82 valence electrons. The number of hydrogen-bond acceptors (Lipinski definition) is 3. The van der Waals surface area contributed by atoms with Gasteiger partial charge in [-0.05, 0) is 19.8 Å². The second-order valence-corrected chi connectivity index (χ2v) is 6.10. The zero-order chi connectivity index (χ0) is 10.8. The van der Waals surface area contributed by atoms with E-state index in [-0.39, 0.29) is 5.91 Å². The quantitative estimate of drug-likeness (QED) is 0.744. The van der Waals surface area contributed by atoms with Gasteiger partial charge in [0.15, 0.2) is 0 Å². The number of carbonyl (C=O) groups is 1. The van der Waals surface area contributed by atoms with E-state index in [0.717, 1.165) is 30.9 Å². The van der Waals surface area contributed by atoms with Crippen LogP contribution in [0.2, 0.25) is 0 Å². The Balaban J connectivity index is 2.07. The van der Waals surface area contributed by atoms with Crippen molar-refractivity contribution in [2.24, 2.45) is 0 Å². The highest BCUT2D eigenvalue weighted by Gasteiger charge is 2.24. The first-order chi connectivity index (χ1) is 7.16. The Labute approximate surface area is 102 Å². The molecule has 0 spiro atoms. The lowest BCUT2D eigenvalue weighted by molar-refractivity contribution is 0.0724. The minimum atomic E-state index is 0.0727. The molecule has 2 rings (SSSR count). The molecule has 1 unspecified atom stereocenters. The number of thiazole rings is 1. The van der Waals surface area contributed by atoms with Crippen LogP contribution in [0.3, 0.4) is 0 Å². The van der Waals surface area contributed by atoms with Crippen molar-refractivity contribution in [1.29, 1.82) is 0 Å². The average Bonchev–Trinajstić information content (AvgIpc) is 2.64. The first kappa shape index (κ1) is 11.1. The largest absolute Gasteiger partial charge is 0.336 e. The first-order valence-corrected chi connectivity index (χ1v) is 6.82. The van der Waals surface area contributed by atoms with E-state index in [4.69, 9.17) is 0 Å². The number of halogens is 1. The summed E-state index contributed by atoms with van der Waals surface area (Å²) in [5.41, 5.74) is 0.596. The second-order valence-electron chi connectivity index (χ2n) is 3.74. The van der Waals surface area contributed by atoms with E-state index < -0.39 is 0 Å². The number of piperidine rings is 1. The topological polar surface area (TPSA) is 33.2 Å². The van der Waals surface area contributed by atoms with Crippen LogP contribution in [0.1, 0.15) is 28.3 Å². The molecule has 1 fully saturated rings. The summed E-state index contributed by atoms with van der Waals surface area (Å²) in [7, 11) is 0. The molecule has 5 heteroatoms. The molecular formula is C10H13BrN2OS. The zero-order valence-corrected chi connectivity index (χ0v) is 11.0. The Kier molecular flexibility index (Phi) is 3.41. The maximum atomic E-state index is 12.0. The van der Waals surface area contributed by atoms with Crippen LogP contribution in [-0.4, -0.2) is 33.7 Å². The molecule has 3 nitrogen and oxygen atoms in total. The molecule has 1 saturated heterocycles. The molecule has 1 amide bonds. The van der Waals surface area contributed by atoms with Crippen LogP contribution in [0.5, 0.6) is 0 Å². The van der Waals surface area contributed by atoms with E-state index in [1.54, 1.807) is 0 Å². The van der Waals surface area contributed by atoms with Crippen LogP contribution in [0.15, 0.2) is 5.38 Å². The smallest absolute Gasteiger partial charge is 0.273 e. The van der Waals surface area contributed by atoms with Crippen molar-refractivity contribution in [3.8, 4) is 0 Å². The molecule has 0 bridgehead atoms. The number of aryl methyl sites for hydroxylation is 1. The van der Waals surface area contributed by atoms with Crippen LogP contribution >= 0.6 is 27.3 Å². The molecule has 0 radical (unpaired) electrons. The third-order valence-corrected chi connectivity index (χ3v) is 4.01. The van der Waals surface area contributed by atoms with Crippen LogP contribution in [0.25, 0.3) is 0 Å². The number of nitrogens with zero attached hydrogens (tertiary/aromatic N) is 2. The van der Waals surface area contributed by atoms with Crippen molar-refractivity contribution in [3.05, 3.63) is 16.1 Å². The Bertz CT molecular complexity index is 366. The fourth-order valence-corrected chi connectivity index (χ4v) is 2.99. The molecule has 15 heavy (non-hydrogen) atoms. The molecule has 1 aliphatic rings. The summed E-state index contributed by atoms with van der Waals surface area (Å²) >= 11 is 5.09. The third-order valence-electron chi connectivity index (χ3n) is 2.49. The molecule has 1 aromatic heterocycles. The number of hydrogen-bond donors (Lipinski definition) is 0. The standard InChI is InChI=1S/C10H13BrN2OS/c1-7-12-9(6-15-7)10(14)13-4-2-3-8(11)5-13/h6,8H,2-5H2,1H3. The number of rotatable bonds is 1. The van der Waals surface area contributed by atoms with E-state index in [1.807, 2.05) is 17.2 Å². The lowest BCUT2D eigenvalue weighted by Gasteiger charge is -2.29. The van der Waals surface area contributed by atoms with Crippen molar-refractivity contribution < 1.29 is 4.79 Å². The molecule has 1 atom stereocenters. The van der Waals surface area contributed by atoms with E-state index in [0.29, 0.717) is 10.5 Å². The summed E-state index contributed by atoms with van der Waals surface area (Å²) in [6, 6.07) is 0. The van der Waals surface area contributed by atoms with Crippen molar-refractivity contribution >= 4 is 33.2 Å². The predicted molar refractivity (Wildman–Crippen MR) is 64.7 cm³/mol. The lowest BCUT2D eigenvalue weighted by Crippen LogP contribution is -2.40. The third kappa shape index (κ3) is 2.58. The Hall–Kier alpha value is -0.420. The number of aromatic nitrogens is 1. The normalized spacial score (nSPS) is 21.7. The summed E-state index contributed by atoms with van der Waals surface area (Å²) in [5.74, 6) is 0.0727. The lowest BCUT2D eigenvalue weighted by atomic mass is 10.1. The van der Waals surface area contributed by atoms with Crippen LogP contribution in [0.4, 0.5) is 0 Å². The maximum Gasteiger partial charge on any atom is 0.273 e. The average molecular weight is 289 g/mol. The van der Waals surface area contributed by atoms with Gasteiger partial charge in [0.05, 0.1) is 5.01 Å². The highest BCUT2D eigenvalue weighted by molar-refractivity contribution is 9.09. The van der Waals surface area contributed by atoms with Gasteiger partial charge in [0.2, 0.25) is 0 Å². The van der Waals surface area contributed by atoms with Gasteiger partial charge in [-0.15, -0.1) is 11.3 Å². The van der Waals surface area contributed by atoms with Gasteiger partial charge in [0.25, 0.3) is 5.91 Å². The Morgan fingerprint density at radius 2 is 2.53 bits per heavy atom. The summed E-state index contributed by atoms with van der Waals surface area (Å²) in [6.07, 6.45) is 2.23. The summed E-state index contributed by atoms with van der Waals surface area (Å²) < 4.78 is 0. The second kappa shape index (κ2) is 4.61. The van der Waals surface area contributed by atoms with Gasteiger partial charge >= 0.3 is 0 Å². The van der Waals surface area contributed by atoms with Gasteiger partial charge in [0.1, 0.15) is 5.69 Å². The molecule has 0 saturated carbocycles. The number of amides is 1. The minimum absolute atomic E-state index is 0.0727. The van der Waals surface area contributed by atoms with Crippen LogP contribution < -0.4 is 0 Å². The summed E-state index contributed by atoms with van der Waals surface area (Å²) in [6.45, 7) is 3.58. The SMILES string of the molecule is Cc1nc(C(=O)N2CCCC(Br)C2)cs1. The fraction of sp³-hybridized carbons (Fsp3) is 0.600. The zero-order valence-electron chi connectivity index (χ0n) is 8.57. The van der Waals surface area contributed by atoms with Crippen LogP contribution in [-0.2, 0) is 0 Å². The van der Waals surface area contributed by atoms with E-state index in [1.165, 1.54) is 11.3 Å². The van der Waals surface area contributed by atoms with E-state index in [9.17, 15) is 4.79 Å². The molecule has 1 aromatic rings. The van der Waals surface area contributed by atoms with Gasteiger partial charge in [0, 0.05) is 23.3 Å². The van der Waals surface area contributed by atoms with Gasteiger partial charge in [-0.1, -0.05) is 15.9 Å². The number of alkyl halides is 1. The molecule has 1 aliphatic heterocycles. The Morgan fingerprint density at radius 1 is 1.73 bits per heavy atom. The molecule has 0 N–H and O–H groups in total. The van der Waals surface area contributed by atoms with Crippen molar-refractivity contribution in [2.45, 2.75) is 24.6 Å². The molecule has 0 aliphatic carbocycles. The van der Waals surface area contributed by atoms with E-state index in [2.05, 4.69) is 20.9 Å². The monoisotopic (exact) mass is 288 g/mol. The summed E-state index contributed by atoms with van der Waals surface area (Å²) in [5, 5.41) is 2.79. The first-order valence-electron chi connectivity index (χ1n) is 5.02. The Morgan fingerprint density at radius 3 is 3.13 bits per heavy atom. The van der Waals surface area contributed by atoms with Crippen molar-refractivity contribution in [1.82, 2.24) is 9.88 Å². The summed E-state index contributed by atoms with van der Waals surface area (Å²) in [4.78, 5) is 18.6. The van der Waals surface area contributed by atoms with Gasteiger partial charge in [-0.25, -0.2) is 4.98 Å². The van der Waals surface area contributed by atoms with Crippen molar-refractivity contribution in [3.63, 3.8) is 0 Å². The molecular weight excluding hydrogens is 276 g/mol. The maximum absolute atomic E-state index is 12.0. The van der Waals surface area contributed by atoms with Crippen molar-refractivity contribution in [2.75, 3.05) is 13.1 Å². The van der Waals surface area contributed by atoms with Gasteiger partial charge in [-0.2, -0.15) is 0 Å². The molecule has 0 aromatic carbocycles. The highest BCUT2D eigenvalue weighted by Crippen LogP contribution is 2.19. The minimum Gasteiger partial charge on any atom is -0.336 e. The highest BCUT2D eigenvalue weighted by atomic mass is 79.9. The van der Waals surface area contributed by atoms with Gasteiger partial charge in [-0.3, -0.25) is 4.79 Å². The van der Waals surface area contributed by atoms with E-state index >= 15 is 0 Å². The number of likely N-dealkylation sites (tertiary alicyclic amines) is 1. The molecule has 2 heterocycles. The van der Waals surface area contributed by atoms with Gasteiger partial charge < -0.3 is 4.90 Å². The fourth-order valence-electron chi connectivity index (χ4n) is 1.73.